The van der Waals surface area contributed by atoms with Crippen molar-refractivity contribution in [2.45, 2.75) is 20.8 Å². The zero-order valence-corrected chi connectivity index (χ0v) is 14.6. The SMILES string of the molecule is Cc1ccc(-c2nc3ncccn3c2Nc2cc(C)ccc2C)cc1. The van der Waals surface area contributed by atoms with Crippen LogP contribution in [0.15, 0.2) is 60.9 Å². The first kappa shape index (κ1) is 15.4. The van der Waals surface area contributed by atoms with Crippen LogP contribution in [-0.2, 0) is 0 Å². The molecule has 0 amide bonds. The number of hydrogen-bond acceptors (Lipinski definition) is 3. The molecule has 0 aliphatic carbocycles. The minimum atomic E-state index is 0.686. The quantitative estimate of drug-likeness (QED) is 0.571. The van der Waals surface area contributed by atoms with E-state index in [2.05, 4.69) is 73.5 Å². The Labute approximate surface area is 147 Å². The van der Waals surface area contributed by atoms with E-state index < -0.39 is 0 Å². The summed E-state index contributed by atoms with van der Waals surface area (Å²) in [7, 11) is 0. The van der Waals surface area contributed by atoms with Gasteiger partial charge in [0.25, 0.3) is 0 Å². The lowest BCUT2D eigenvalue weighted by Gasteiger charge is -2.12. The van der Waals surface area contributed by atoms with Gasteiger partial charge in [-0.15, -0.1) is 0 Å². The molecule has 0 aliphatic rings. The third-order valence-corrected chi connectivity index (χ3v) is 4.37. The summed E-state index contributed by atoms with van der Waals surface area (Å²) in [6, 6.07) is 16.7. The Bertz CT molecular complexity index is 1050. The molecule has 4 aromatic rings. The number of aryl methyl sites for hydroxylation is 3. The van der Waals surface area contributed by atoms with Crippen LogP contribution >= 0.6 is 0 Å². The van der Waals surface area contributed by atoms with Gasteiger partial charge in [0.05, 0.1) is 0 Å². The summed E-state index contributed by atoms with van der Waals surface area (Å²) in [5.41, 5.74) is 6.70. The molecule has 0 aliphatic heterocycles. The van der Waals surface area contributed by atoms with E-state index in [-0.39, 0.29) is 0 Å². The fourth-order valence-corrected chi connectivity index (χ4v) is 2.92. The monoisotopic (exact) mass is 328 g/mol. The van der Waals surface area contributed by atoms with Crippen LogP contribution in [0, 0.1) is 20.8 Å². The fourth-order valence-electron chi connectivity index (χ4n) is 2.92. The molecular weight excluding hydrogens is 308 g/mol. The lowest BCUT2D eigenvalue weighted by atomic mass is 10.1. The van der Waals surface area contributed by atoms with E-state index >= 15 is 0 Å². The average Bonchev–Trinajstić information content (AvgIpc) is 2.97. The average molecular weight is 328 g/mol. The number of imidazole rings is 1. The van der Waals surface area contributed by atoms with Crippen molar-refractivity contribution < 1.29 is 0 Å². The van der Waals surface area contributed by atoms with E-state index in [1.165, 1.54) is 16.7 Å². The Morgan fingerprint density at radius 3 is 2.48 bits per heavy atom. The molecule has 124 valence electrons. The zero-order chi connectivity index (χ0) is 17.4. The highest BCUT2D eigenvalue weighted by Crippen LogP contribution is 2.32. The maximum atomic E-state index is 4.75. The van der Waals surface area contributed by atoms with Crippen molar-refractivity contribution in [3.05, 3.63) is 77.6 Å². The van der Waals surface area contributed by atoms with Crippen LogP contribution in [0.2, 0.25) is 0 Å². The molecule has 2 heterocycles. The Morgan fingerprint density at radius 1 is 0.920 bits per heavy atom. The molecule has 2 aromatic carbocycles. The zero-order valence-electron chi connectivity index (χ0n) is 14.6. The molecule has 0 spiro atoms. The highest BCUT2D eigenvalue weighted by atomic mass is 15.2. The van der Waals surface area contributed by atoms with Gasteiger partial charge in [0.2, 0.25) is 5.78 Å². The fraction of sp³-hybridized carbons (Fsp3) is 0.143. The van der Waals surface area contributed by atoms with Gasteiger partial charge in [0.1, 0.15) is 11.5 Å². The van der Waals surface area contributed by atoms with Crippen molar-refractivity contribution in [2.24, 2.45) is 0 Å². The van der Waals surface area contributed by atoms with E-state index in [0.717, 1.165) is 22.8 Å². The number of fused-ring (bicyclic) bond motifs is 1. The summed E-state index contributed by atoms with van der Waals surface area (Å²) in [5.74, 6) is 1.62. The highest BCUT2D eigenvalue weighted by Gasteiger charge is 2.15. The van der Waals surface area contributed by atoms with Crippen LogP contribution in [0.4, 0.5) is 11.5 Å². The molecule has 0 radical (unpaired) electrons. The Hall–Kier alpha value is -3.14. The Balaban J connectivity index is 1.90. The molecule has 4 rings (SSSR count). The first-order chi connectivity index (χ1) is 12.1. The molecule has 0 unspecified atom stereocenters. The molecule has 4 nitrogen and oxygen atoms in total. The minimum absolute atomic E-state index is 0.686. The number of nitrogens with zero attached hydrogens (tertiary/aromatic N) is 3. The van der Waals surface area contributed by atoms with Gasteiger partial charge in [0, 0.05) is 23.6 Å². The Morgan fingerprint density at radius 2 is 1.68 bits per heavy atom. The first-order valence-electron chi connectivity index (χ1n) is 8.36. The number of aromatic nitrogens is 3. The van der Waals surface area contributed by atoms with Gasteiger partial charge >= 0.3 is 0 Å². The van der Waals surface area contributed by atoms with Crippen LogP contribution in [-0.4, -0.2) is 14.4 Å². The van der Waals surface area contributed by atoms with Gasteiger partial charge in [-0.3, -0.25) is 4.40 Å². The summed E-state index contributed by atoms with van der Waals surface area (Å²) < 4.78 is 2.00. The topological polar surface area (TPSA) is 42.2 Å². The second-order valence-corrected chi connectivity index (χ2v) is 6.41. The lowest BCUT2D eigenvalue weighted by molar-refractivity contribution is 1.11. The molecule has 4 heteroatoms. The molecule has 25 heavy (non-hydrogen) atoms. The van der Waals surface area contributed by atoms with Crippen molar-refractivity contribution in [1.29, 1.82) is 0 Å². The van der Waals surface area contributed by atoms with Crippen LogP contribution in [0.3, 0.4) is 0 Å². The van der Waals surface area contributed by atoms with Crippen LogP contribution < -0.4 is 5.32 Å². The largest absolute Gasteiger partial charge is 0.339 e. The van der Waals surface area contributed by atoms with E-state index in [1.807, 2.05) is 16.7 Å². The molecule has 0 saturated carbocycles. The second kappa shape index (κ2) is 6.06. The summed E-state index contributed by atoms with van der Waals surface area (Å²) in [4.78, 5) is 9.15. The lowest BCUT2D eigenvalue weighted by Crippen LogP contribution is -1.99. The molecule has 0 atom stereocenters. The predicted molar refractivity (Wildman–Crippen MR) is 102 cm³/mol. The van der Waals surface area contributed by atoms with Crippen molar-refractivity contribution in [3.8, 4) is 11.3 Å². The summed E-state index contributed by atoms with van der Waals surface area (Å²) in [5, 5.41) is 3.58. The van der Waals surface area contributed by atoms with Gasteiger partial charge in [-0.2, -0.15) is 0 Å². The van der Waals surface area contributed by atoms with Crippen molar-refractivity contribution in [1.82, 2.24) is 14.4 Å². The van der Waals surface area contributed by atoms with Gasteiger partial charge < -0.3 is 5.32 Å². The van der Waals surface area contributed by atoms with Gasteiger partial charge in [0.15, 0.2) is 0 Å². The van der Waals surface area contributed by atoms with Crippen molar-refractivity contribution in [2.75, 3.05) is 5.32 Å². The molecule has 1 N–H and O–H groups in total. The number of benzene rings is 2. The maximum absolute atomic E-state index is 4.75. The maximum Gasteiger partial charge on any atom is 0.235 e. The number of nitrogens with one attached hydrogen (secondary N) is 1. The Kier molecular flexibility index (Phi) is 3.73. The normalized spacial score (nSPS) is 11.0. The van der Waals surface area contributed by atoms with Crippen molar-refractivity contribution >= 4 is 17.3 Å². The molecular formula is C21H20N4. The summed E-state index contributed by atoms with van der Waals surface area (Å²) >= 11 is 0. The number of rotatable bonds is 3. The van der Waals surface area contributed by atoms with Gasteiger partial charge in [-0.1, -0.05) is 42.0 Å². The van der Waals surface area contributed by atoms with E-state index in [9.17, 15) is 0 Å². The predicted octanol–water partition coefficient (Wildman–Crippen LogP) is 5.07. The highest BCUT2D eigenvalue weighted by molar-refractivity contribution is 5.79. The van der Waals surface area contributed by atoms with Crippen LogP contribution in [0.25, 0.3) is 17.0 Å². The molecule has 0 bridgehead atoms. The van der Waals surface area contributed by atoms with E-state index in [1.54, 1.807) is 6.20 Å². The molecule has 2 aromatic heterocycles. The number of hydrogen-bond donors (Lipinski definition) is 1. The standard InChI is InChI=1S/C21H20N4/c1-14-6-9-17(10-7-14)19-20(25-12-4-11-22-21(25)24-19)23-18-13-15(2)5-8-16(18)3/h4-13,23H,1-3H3. The summed E-state index contributed by atoms with van der Waals surface area (Å²) in [6.45, 7) is 6.29. The van der Waals surface area contributed by atoms with E-state index in [0.29, 0.717) is 5.78 Å². The summed E-state index contributed by atoms with van der Waals surface area (Å²) in [6.07, 6.45) is 3.75. The van der Waals surface area contributed by atoms with Gasteiger partial charge in [-0.25, -0.2) is 9.97 Å². The second-order valence-electron chi connectivity index (χ2n) is 6.41. The van der Waals surface area contributed by atoms with Crippen LogP contribution in [0.1, 0.15) is 16.7 Å². The third-order valence-electron chi connectivity index (χ3n) is 4.37. The van der Waals surface area contributed by atoms with E-state index in [4.69, 9.17) is 4.98 Å². The molecule has 0 fully saturated rings. The van der Waals surface area contributed by atoms with Crippen LogP contribution in [0.5, 0.6) is 0 Å². The minimum Gasteiger partial charge on any atom is -0.339 e. The van der Waals surface area contributed by atoms with Gasteiger partial charge in [-0.05, 0) is 44.0 Å². The number of anilines is 2. The third kappa shape index (κ3) is 2.87. The first-order valence-corrected chi connectivity index (χ1v) is 8.36. The van der Waals surface area contributed by atoms with Crippen molar-refractivity contribution in [3.63, 3.8) is 0 Å². The molecule has 0 saturated heterocycles. The smallest absolute Gasteiger partial charge is 0.235 e.